The molecule has 1 atom stereocenters. The lowest BCUT2D eigenvalue weighted by Gasteiger charge is -2.26. The van der Waals surface area contributed by atoms with Crippen LogP contribution < -0.4 is 10.6 Å². The third kappa shape index (κ3) is 6.58. The summed E-state index contributed by atoms with van der Waals surface area (Å²) in [5, 5.41) is 15.4. The van der Waals surface area contributed by atoms with Gasteiger partial charge < -0.3 is 15.7 Å². The van der Waals surface area contributed by atoms with E-state index in [1.54, 1.807) is 0 Å². The standard InChI is InChI=1S/C18H30N2O2/c1-5-15-8-6-7-9-16(15)20-17(22)12-14(2)19-13-18(3,4)10-11-21/h6-9,14,19,21H,5,10-13H2,1-4H3,(H,20,22). The minimum atomic E-state index is 0.0286. The smallest absolute Gasteiger partial charge is 0.225 e. The summed E-state index contributed by atoms with van der Waals surface area (Å²) in [6, 6.07) is 8.01. The molecule has 1 unspecified atom stereocenters. The molecule has 0 aromatic heterocycles. The van der Waals surface area contributed by atoms with Crippen molar-refractivity contribution >= 4 is 11.6 Å². The van der Waals surface area contributed by atoms with Crippen molar-refractivity contribution in [2.45, 2.75) is 53.0 Å². The Hall–Kier alpha value is -1.39. The molecule has 0 aliphatic rings. The number of carbonyl (C=O) groups is 1. The van der Waals surface area contributed by atoms with Crippen LogP contribution in [0.2, 0.25) is 0 Å². The fourth-order valence-corrected chi connectivity index (χ4v) is 2.34. The number of aliphatic hydroxyl groups excluding tert-OH is 1. The van der Waals surface area contributed by atoms with Gasteiger partial charge in [-0.15, -0.1) is 0 Å². The van der Waals surface area contributed by atoms with E-state index in [1.165, 1.54) is 0 Å². The molecule has 0 bridgehead atoms. The summed E-state index contributed by atoms with van der Waals surface area (Å²) < 4.78 is 0. The maximum Gasteiger partial charge on any atom is 0.225 e. The van der Waals surface area contributed by atoms with E-state index >= 15 is 0 Å². The Balaban J connectivity index is 2.44. The van der Waals surface area contributed by atoms with E-state index in [2.05, 4.69) is 31.4 Å². The first-order valence-electron chi connectivity index (χ1n) is 8.10. The number of hydrogen-bond acceptors (Lipinski definition) is 3. The molecule has 0 saturated carbocycles. The highest BCUT2D eigenvalue weighted by Crippen LogP contribution is 2.19. The van der Waals surface area contributed by atoms with Gasteiger partial charge in [-0.1, -0.05) is 39.0 Å². The topological polar surface area (TPSA) is 61.4 Å². The number of carbonyl (C=O) groups excluding carboxylic acids is 1. The van der Waals surface area contributed by atoms with E-state index < -0.39 is 0 Å². The van der Waals surface area contributed by atoms with Crippen molar-refractivity contribution in [2.75, 3.05) is 18.5 Å². The van der Waals surface area contributed by atoms with Crippen molar-refractivity contribution in [3.8, 4) is 0 Å². The molecule has 4 nitrogen and oxygen atoms in total. The summed E-state index contributed by atoms with van der Waals surface area (Å²) in [4.78, 5) is 12.2. The van der Waals surface area contributed by atoms with Gasteiger partial charge in [0.15, 0.2) is 0 Å². The molecule has 1 rings (SSSR count). The third-order valence-corrected chi connectivity index (χ3v) is 3.88. The van der Waals surface area contributed by atoms with Crippen molar-refractivity contribution in [1.29, 1.82) is 0 Å². The highest BCUT2D eigenvalue weighted by Gasteiger charge is 2.19. The second-order valence-corrected chi connectivity index (χ2v) is 6.68. The Morgan fingerprint density at radius 3 is 2.64 bits per heavy atom. The number of hydrogen-bond donors (Lipinski definition) is 3. The summed E-state index contributed by atoms with van der Waals surface area (Å²) in [5.74, 6) is 0.0286. The number of aryl methyl sites for hydroxylation is 1. The molecule has 0 spiro atoms. The molecule has 0 fully saturated rings. The largest absolute Gasteiger partial charge is 0.396 e. The zero-order valence-electron chi connectivity index (χ0n) is 14.3. The van der Waals surface area contributed by atoms with Crippen molar-refractivity contribution in [3.63, 3.8) is 0 Å². The minimum absolute atomic E-state index is 0.0286. The van der Waals surface area contributed by atoms with Crippen LogP contribution >= 0.6 is 0 Å². The number of rotatable bonds is 9. The van der Waals surface area contributed by atoms with Crippen LogP contribution in [0.5, 0.6) is 0 Å². The van der Waals surface area contributed by atoms with Gasteiger partial charge in [0, 0.05) is 31.3 Å². The summed E-state index contributed by atoms with van der Waals surface area (Å²) >= 11 is 0. The van der Waals surface area contributed by atoms with Gasteiger partial charge >= 0.3 is 0 Å². The van der Waals surface area contributed by atoms with Crippen molar-refractivity contribution in [3.05, 3.63) is 29.8 Å². The van der Waals surface area contributed by atoms with Gasteiger partial charge in [-0.25, -0.2) is 0 Å². The van der Waals surface area contributed by atoms with E-state index in [-0.39, 0.29) is 24.0 Å². The Labute approximate surface area is 134 Å². The predicted octanol–water partition coefficient (Wildman–Crippen LogP) is 2.96. The zero-order chi connectivity index (χ0) is 16.6. The van der Waals surface area contributed by atoms with Gasteiger partial charge in [-0.05, 0) is 36.8 Å². The van der Waals surface area contributed by atoms with Crippen LogP contribution in [0.3, 0.4) is 0 Å². The molecule has 0 aliphatic carbocycles. The van der Waals surface area contributed by atoms with Gasteiger partial charge in [-0.3, -0.25) is 4.79 Å². The second kappa shape index (κ2) is 8.91. The first-order valence-corrected chi connectivity index (χ1v) is 8.10. The number of aliphatic hydroxyl groups is 1. The second-order valence-electron chi connectivity index (χ2n) is 6.68. The molecule has 0 radical (unpaired) electrons. The van der Waals surface area contributed by atoms with E-state index in [9.17, 15) is 4.79 Å². The van der Waals surface area contributed by atoms with Crippen LogP contribution in [0.15, 0.2) is 24.3 Å². The number of benzene rings is 1. The van der Waals surface area contributed by atoms with Gasteiger partial charge in [-0.2, -0.15) is 0 Å². The lowest BCUT2D eigenvalue weighted by atomic mass is 9.89. The van der Waals surface area contributed by atoms with Crippen LogP contribution in [0.25, 0.3) is 0 Å². The SMILES string of the molecule is CCc1ccccc1NC(=O)CC(C)NCC(C)(C)CCO. The van der Waals surface area contributed by atoms with Crippen molar-refractivity contribution in [2.24, 2.45) is 5.41 Å². The highest BCUT2D eigenvalue weighted by molar-refractivity contribution is 5.91. The molecule has 0 saturated heterocycles. The predicted molar refractivity (Wildman–Crippen MR) is 92.0 cm³/mol. The molecule has 22 heavy (non-hydrogen) atoms. The summed E-state index contributed by atoms with van der Waals surface area (Å²) in [6.07, 6.45) is 2.09. The Kier molecular flexibility index (Phi) is 7.56. The monoisotopic (exact) mass is 306 g/mol. The number of nitrogens with one attached hydrogen (secondary N) is 2. The Morgan fingerprint density at radius 2 is 2.00 bits per heavy atom. The van der Waals surface area contributed by atoms with E-state index in [1.807, 2.05) is 31.2 Å². The summed E-state index contributed by atoms with van der Waals surface area (Å²) in [7, 11) is 0. The van der Waals surface area contributed by atoms with Gasteiger partial charge in [0.25, 0.3) is 0 Å². The zero-order valence-corrected chi connectivity index (χ0v) is 14.3. The molecule has 1 amide bonds. The van der Waals surface area contributed by atoms with Crippen molar-refractivity contribution in [1.82, 2.24) is 5.32 Å². The molecular weight excluding hydrogens is 276 g/mol. The van der Waals surface area contributed by atoms with Gasteiger partial charge in [0.2, 0.25) is 5.91 Å². The first kappa shape index (κ1) is 18.7. The molecule has 4 heteroatoms. The molecule has 0 aliphatic heterocycles. The Bertz CT molecular complexity index is 472. The molecule has 124 valence electrons. The summed E-state index contributed by atoms with van der Waals surface area (Å²) in [5.41, 5.74) is 2.09. The minimum Gasteiger partial charge on any atom is -0.396 e. The van der Waals surface area contributed by atoms with E-state index in [0.29, 0.717) is 6.42 Å². The molecule has 3 N–H and O–H groups in total. The van der Waals surface area contributed by atoms with Crippen LogP contribution in [-0.4, -0.2) is 30.2 Å². The molecule has 1 aromatic carbocycles. The number of amides is 1. The van der Waals surface area contributed by atoms with Crippen LogP contribution in [0.1, 0.15) is 46.1 Å². The quantitative estimate of drug-likeness (QED) is 0.657. The van der Waals surface area contributed by atoms with E-state index in [4.69, 9.17) is 5.11 Å². The maximum atomic E-state index is 12.2. The lowest BCUT2D eigenvalue weighted by molar-refractivity contribution is -0.116. The number of anilines is 1. The van der Waals surface area contributed by atoms with Crippen LogP contribution in [0.4, 0.5) is 5.69 Å². The highest BCUT2D eigenvalue weighted by atomic mass is 16.3. The lowest BCUT2D eigenvalue weighted by Crippen LogP contribution is -2.37. The third-order valence-electron chi connectivity index (χ3n) is 3.88. The van der Waals surface area contributed by atoms with Gasteiger partial charge in [0.05, 0.1) is 0 Å². The molecule has 0 heterocycles. The van der Waals surface area contributed by atoms with Crippen LogP contribution in [-0.2, 0) is 11.2 Å². The first-order chi connectivity index (χ1) is 10.4. The van der Waals surface area contributed by atoms with Gasteiger partial charge in [0.1, 0.15) is 0 Å². The van der Waals surface area contributed by atoms with E-state index in [0.717, 1.165) is 30.6 Å². The van der Waals surface area contributed by atoms with Crippen molar-refractivity contribution < 1.29 is 9.90 Å². The molecular formula is C18H30N2O2. The summed E-state index contributed by atoms with van der Waals surface area (Å²) in [6.45, 7) is 9.30. The fourth-order valence-electron chi connectivity index (χ4n) is 2.34. The average Bonchev–Trinajstić information content (AvgIpc) is 2.45. The number of para-hydroxylation sites is 1. The molecule has 1 aromatic rings. The maximum absolute atomic E-state index is 12.2. The van der Waals surface area contributed by atoms with Crippen LogP contribution in [0, 0.1) is 5.41 Å². The average molecular weight is 306 g/mol. The normalized spacial score (nSPS) is 13.0. The Morgan fingerprint density at radius 1 is 1.32 bits per heavy atom. The fraction of sp³-hybridized carbons (Fsp3) is 0.611.